The highest BCUT2D eigenvalue weighted by atomic mass is 16.6. The van der Waals surface area contributed by atoms with Crippen LogP contribution in [0.15, 0.2) is 48.5 Å². The summed E-state index contributed by atoms with van der Waals surface area (Å²) in [4.78, 5) is 40.5. The van der Waals surface area contributed by atoms with Gasteiger partial charge in [0.05, 0.1) is 0 Å². The number of hydrogen-bond acceptors (Lipinski definition) is 5. The van der Waals surface area contributed by atoms with Gasteiger partial charge in [0, 0.05) is 37.4 Å². The maximum atomic E-state index is 12.9. The Balaban J connectivity index is 1.19. The van der Waals surface area contributed by atoms with Crippen molar-refractivity contribution in [3.8, 4) is 11.1 Å². The van der Waals surface area contributed by atoms with Gasteiger partial charge < -0.3 is 19.6 Å². The van der Waals surface area contributed by atoms with E-state index in [1.54, 1.807) is 21.9 Å². The van der Waals surface area contributed by atoms with Crippen molar-refractivity contribution in [3.63, 3.8) is 0 Å². The lowest BCUT2D eigenvalue weighted by atomic mass is 10.0. The summed E-state index contributed by atoms with van der Waals surface area (Å²) in [5.74, 6) is -0.284. The third-order valence-electron chi connectivity index (χ3n) is 6.35. The molecule has 0 spiro atoms. The molecule has 2 aromatic rings. The number of benzene rings is 2. The molecule has 1 heterocycles. The van der Waals surface area contributed by atoms with E-state index in [0.717, 1.165) is 24.0 Å². The van der Waals surface area contributed by atoms with Crippen molar-refractivity contribution in [2.45, 2.75) is 37.4 Å². The first-order chi connectivity index (χ1) is 15.9. The molecule has 2 aliphatic carbocycles. The van der Waals surface area contributed by atoms with E-state index < -0.39 is 11.7 Å². The van der Waals surface area contributed by atoms with Gasteiger partial charge in [0.25, 0.3) is 11.8 Å². The van der Waals surface area contributed by atoms with Crippen LogP contribution in [0.25, 0.3) is 11.1 Å². The molecular formula is C25H27N3O5. The molecule has 172 valence electrons. The number of amides is 3. The van der Waals surface area contributed by atoms with Crippen LogP contribution < -0.4 is 5.32 Å². The van der Waals surface area contributed by atoms with E-state index in [4.69, 9.17) is 4.74 Å². The number of nitrogens with one attached hydrogen (secondary N) is 1. The molecule has 0 atom stereocenters. The molecule has 3 amide bonds. The molecule has 2 aromatic carbocycles. The molecule has 1 saturated heterocycles. The summed E-state index contributed by atoms with van der Waals surface area (Å²) in [6, 6.07) is 14.8. The minimum atomic E-state index is -1.16. The van der Waals surface area contributed by atoms with Crippen LogP contribution in [0.2, 0.25) is 0 Å². The Hall–Kier alpha value is -3.39. The highest BCUT2D eigenvalue weighted by Crippen LogP contribution is 2.37. The summed E-state index contributed by atoms with van der Waals surface area (Å²) in [7, 11) is 0. The molecule has 3 fully saturated rings. The maximum Gasteiger partial charge on any atom is 0.411 e. The average Bonchev–Trinajstić information content (AvgIpc) is 3.77. The number of hydrogen-bond donors (Lipinski definition) is 2. The topological polar surface area (TPSA) is 99.2 Å². The Morgan fingerprint density at radius 3 is 2.21 bits per heavy atom. The number of carbonyl (C=O) groups excluding carboxylic acids is 3. The standard InChI is InChI=1S/C25H27N3O5/c29-22(27-12-14-28(15-13-27)23(30)25(32)10-11-25)18-6-4-17(5-7-18)19-2-1-3-20(16-19)26-24(31)33-21-8-9-21/h1-7,16,21,32H,8-15H2,(H,26,31). The third-order valence-corrected chi connectivity index (χ3v) is 6.35. The van der Waals surface area contributed by atoms with Crippen LogP contribution in [0.3, 0.4) is 0 Å². The van der Waals surface area contributed by atoms with Crippen molar-refractivity contribution >= 4 is 23.6 Å². The van der Waals surface area contributed by atoms with E-state index >= 15 is 0 Å². The highest BCUT2D eigenvalue weighted by Gasteiger charge is 2.50. The number of rotatable bonds is 5. The molecule has 2 saturated carbocycles. The molecule has 33 heavy (non-hydrogen) atoms. The van der Waals surface area contributed by atoms with Crippen molar-refractivity contribution < 1.29 is 24.2 Å². The van der Waals surface area contributed by atoms with Gasteiger partial charge in [-0.3, -0.25) is 14.9 Å². The molecule has 3 aliphatic rings. The lowest BCUT2D eigenvalue weighted by molar-refractivity contribution is -0.143. The Kier molecular flexibility index (Phi) is 5.54. The zero-order valence-electron chi connectivity index (χ0n) is 18.3. The second-order valence-corrected chi connectivity index (χ2v) is 9.00. The Bertz CT molecular complexity index is 1070. The van der Waals surface area contributed by atoms with Gasteiger partial charge in [-0.05, 0) is 61.1 Å². The SMILES string of the molecule is O=C(Nc1cccc(-c2ccc(C(=O)N3CCN(C(=O)C4(O)CC4)CC3)cc2)c1)OC1CC1. The molecule has 0 bridgehead atoms. The van der Waals surface area contributed by atoms with Gasteiger partial charge in [-0.2, -0.15) is 0 Å². The van der Waals surface area contributed by atoms with E-state index in [1.165, 1.54) is 0 Å². The van der Waals surface area contributed by atoms with Gasteiger partial charge >= 0.3 is 6.09 Å². The normalized spacial score (nSPS) is 19.1. The fourth-order valence-corrected chi connectivity index (χ4v) is 3.99. The average molecular weight is 450 g/mol. The predicted octanol–water partition coefficient (Wildman–Crippen LogP) is 2.87. The van der Waals surface area contributed by atoms with Gasteiger partial charge in [-0.15, -0.1) is 0 Å². The molecule has 1 aliphatic heterocycles. The summed E-state index contributed by atoms with van der Waals surface area (Å²) < 4.78 is 5.22. The van der Waals surface area contributed by atoms with Crippen LogP contribution in [-0.4, -0.2) is 70.7 Å². The lowest BCUT2D eigenvalue weighted by Gasteiger charge is -2.35. The number of ether oxygens (including phenoxy) is 1. The highest BCUT2D eigenvalue weighted by molar-refractivity contribution is 5.95. The van der Waals surface area contributed by atoms with Crippen molar-refractivity contribution in [3.05, 3.63) is 54.1 Å². The quantitative estimate of drug-likeness (QED) is 0.731. The number of nitrogens with zero attached hydrogens (tertiary/aromatic N) is 2. The summed E-state index contributed by atoms with van der Waals surface area (Å²) in [6.07, 6.45) is 2.52. The molecule has 2 N–H and O–H groups in total. The van der Waals surface area contributed by atoms with Crippen LogP contribution in [0.1, 0.15) is 36.0 Å². The van der Waals surface area contributed by atoms with Crippen molar-refractivity contribution in [2.24, 2.45) is 0 Å². The second kappa shape index (κ2) is 8.51. The number of anilines is 1. The fraction of sp³-hybridized carbons (Fsp3) is 0.400. The maximum absolute atomic E-state index is 12.9. The van der Waals surface area contributed by atoms with E-state index in [1.807, 2.05) is 36.4 Å². The first-order valence-corrected chi connectivity index (χ1v) is 11.4. The largest absolute Gasteiger partial charge is 0.446 e. The van der Waals surface area contributed by atoms with E-state index in [2.05, 4.69) is 5.32 Å². The lowest BCUT2D eigenvalue weighted by Crippen LogP contribution is -2.53. The molecule has 0 unspecified atom stereocenters. The fourth-order valence-electron chi connectivity index (χ4n) is 3.99. The zero-order chi connectivity index (χ0) is 23.0. The number of carbonyl (C=O) groups is 3. The number of aliphatic hydroxyl groups is 1. The molecule has 5 rings (SSSR count). The number of piperazine rings is 1. The Labute approximate surface area is 192 Å². The summed E-state index contributed by atoms with van der Waals surface area (Å²) in [6.45, 7) is 1.78. The first-order valence-electron chi connectivity index (χ1n) is 11.4. The van der Waals surface area contributed by atoms with Gasteiger partial charge in [-0.25, -0.2) is 4.79 Å². The summed E-state index contributed by atoms with van der Waals surface area (Å²) in [5.41, 5.74) is 1.93. The van der Waals surface area contributed by atoms with E-state index in [9.17, 15) is 19.5 Å². The monoisotopic (exact) mass is 449 g/mol. The Morgan fingerprint density at radius 2 is 1.58 bits per heavy atom. The van der Waals surface area contributed by atoms with Crippen LogP contribution in [0.4, 0.5) is 10.5 Å². The Morgan fingerprint density at radius 1 is 0.909 bits per heavy atom. The minimum Gasteiger partial charge on any atom is -0.446 e. The van der Waals surface area contributed by atoms with Gasteiger partial charge in [0.1, 0.15) is 11.7 Å². The predicted molar refractivity (Wildman–Crippen MR) is 122 cm³/mol. The van der Waals surface area contributed by atoms with Gasteiger partial charge in [0.2, 0.25) is 0 Å². The van der Waals surface area contributed by atoms with Gasteiger partial charge in [0.15, 0.2) is 0 Å². The zero-order valence-corrected chi connectivity index (χ0v) is 18.3. The van der Waals surface area contributed by atoms with E-state index in [0.29, 0.717) is 50.3 Å². The van der Waals surface area contributed by atoms with Crippen LogP contribution >= 0.6 is 0 Å². The summed E-state index contributed by atoms with van der Waals surface area (Å²) >= 11 is 0. The molecule has 0 radical (unpaired) electrons. The molecule has 8 nitrogen and oxygen atoms in total. The van der Waals surface area contributed by atoms with E-state index in [-0.39, 0.29) is 17.9 Å². The molecular weight excluding hydrogens is 422 g/mol. The van der Waals surface area contributed by atoms with Crippen LogP contribution in [-0.2, 0) is 9.53 Å². The van der Waals surface area contributed by atoms with Crippen LogP contribution in [0, 0.1) is 0 Å². The second-order valence-electron chi connectivity index (χ2n) is 9.00. The summed E-state index contributed by atoms with van der Waals surface area (Å²) in [5, 5.41) is 12.8. The molecule has 0 aromatic heterocycles. The van der Waals surface area contributed by atoms with Crippen molar-refractivity contribution in [2.75, 3.05) is 31.5 Å². The third kappa shape index (κ3) is 4.85. The van der Waals surface area contributed by atoms with Crippen LogP contribution in [0.5, 0.6) is 0 Å². The van der Waals surface area contributed by atoms with Crippen molar-refractivity contribution in [1.29, 1.82) is 0 Å². The first kappa shape index (κ1) is 21.5. The minimum absolute atomic E-state index is 0.0474. The molecule has 8 heteroatoms. The van der Waals surface area contributed by atoms with Crippen molar-refractivity contribution in [1.82, 2.24) is 9.80 Å². The smallest absolute Gasteiger partial charge is 0.411 e. The van der Waals surface area contributed by atoms with Gasteiger partial charge in [-0.1, -0.05) is 24.3 Å².